The molecule has 136 valence electrons. The number of hydrogen-bond donors (Lipinski definition) is 2. The van der Waals surface area contributed by atoms with Crippen LogP contribution in [0.4, 0.5) is 0 Å². The monoisotopic (exact) mass is 348 g/mol. The summed E-state index contributed by atoms with van der Waals surface area (Å²) in [5, 5.41) is 20.5. The first-order valence-corrected chi connectivity index (χ1v) is 10.1. The van der Waals surface area contributed by atoms with Gasteiger partial charge in [-0.1, -0.05) is 43.3 Å². The standard InChI is InChI=1S/C24H28O2/c1-24-10-9-20-19-8-7-17(25)11-16(19)12-21(15-5-3-2-4-6-15)23(20)22(24)13-18(26)14-24/h2-8,11,18,20-23,25-26H,9-10,12-14H2,1H3/t18-,20?,21-,22?,23?,24+/m0/s1. The zero-order valence-corrected chi connectivity index (χ0v) is 15.4. The van der Waals surface area contributed by atoms with Crippen molar-refractivity contribution in [1.29, 1.82) is 0 Å². The van der Waals surface area contributed by atoms with Crippen LogP contribution in [0, 0.1) is 17.3 Å². The van der Waals surface area contributed by atoms with Crippen LogP contribution in [0.5, 0.6) is 5.75 Å². The molecule has 2 saturated carbocycles. The van der Waals surface area contributed by atoms with Gasteiger partial charge in [0.05, 0.1) is 6.10 Å². The van der Waals surface area contributed by atoms with E-state index in [0.717, 1.165) is 19.3 Å². The van der Waals surface area contributed by atoms with Crippen LogP contribution >= 0.6 is 0 Å². The third-order valence-electron chi connectivity index (χ3n) is 7.74. The third kappa shape index (κ3) is 2.42. The molecule has 0 heterocycles. The fourth-order valence-corrected chi connectivity index (χ4v) is 6.69. The highest BCUT2D eigenvalue weighted by atomic mass is 16.3. The quantitative estimate of drug-likeness (QED) is 0.761. The summed E-state index contributed by atoms with van der Waals surface area (Å²) in [4.78, 5) is 0. The first-order valence-electron chi connectivity index (χ1n) is 10.1. The van der Waals surface area contributed by atoms with Crippen LogP contribution < -0.4 is 0 Å². The van der Waals surface area contributed by atoms with Crippen molar-refractivity contribution in [3.63, 3.8) is 0 Å². The van der Waals surface area contributed by atoms with E-state index in [9.17, 15) is 10.2 Å². The van der Waals surface area contributed by atoms with E-state index in [-0.39, 0.29) is 11.5 Å². The summed E-state index contributed by atoms with van der Waals surface area (Å²) in [5.74, 6) is 2.58. The third-order valence-corrected chi connectivity index (χ3v) is 7.74. The van der Waals surface area contributed by atoms with Gasteiger partial charge >= 0.3 is 0 Å². The van der Waals surface area contributed by atoms with Gasteiger partial charge in [0.2, 0.25) is 0 Å². The number of phenolic OH excluding ortho intramolecular Hbond substituents is 1. The molecule has 2 heteroatoms. The Kier molecular flexibility index (Phi) is 3.69. The highest BCUT2D eigenvalue weighted by Crippen LogP contribution is 2.63. The van der Waals surface area contributed by atoms with Crippen LogP contribution in [0.2, 0.25) is 0 Å². The molecule has 0 bridgehead atoms. The van der Waals surface area contributed by atoms with Crippen LogP contribution in [0.1, 0.15) is 61.1 Å². The average molecular weight is 348 g/mol. The number of aliphatic hydroxyl groups is 1. The second-order valence-corrected chi connectivity index (χ2v) is 9.18. The molecule has 2 aromatic rings. The van der Waals surface area contributed by atoms with Crippen molar-refractivity contribution in [2.75, 3.05) is 0 Å². The summed E-state index contributed by atoms with van der Waals surface area (Å²) in [6, 6.07) is 16.9. The van der Waals surface area contributed by atoms with Crippen LogP contribution in [0.15, 0.2) is 48.5 Å². The molecule has 26 heavy (non-hydrogen) atoms. The Hall–Kier alpha value is -1.80. The minimum absolute atomic E-state index is 0.138. The summed E-state index contributed by atoms with van der Waals surface area (Å²) < 4.78 is 0. The van der Waals surface area contributed by atoms with Gasteiger partial charge in [0.1, 0.15) is 5.75 Å². The minimum Gasteiger partial charge on any atom is -0.508 e. The molecule has 0 amide bonds. The minimum atomic E-state index is -0.138. The van der Waals surface area contributed by atoms with Gasteiger partial charge in [0.25, 0.3) is 0 Å². The van der Waals surface area contributed by atoms with E-state index >= 15 is 0 Å². The van der Waals surface area contributed by atoms with E-state index in [4.69, 9.17) is 0 Å². The first-order chi connectivity index (χ1) is 12.5. The van der Waals surface area contributed by atoms with Gasteiger partial charge < -0.3 is 10.2 Å². The fraction of sp³-hybridized carbons (Fsp3) is 0.500. The van der Waals surface area contributed by atoms with E-state index in [2.05, 4.69) is 43.3 Å². The molecule has 2 aromatic carbocycles. The SMILES string of the molecule is C[C@]12CCC3c4ccc(O)cc4C[C@@H](c4ccccc4)C3C1C[C@H](O)C2. The topological polar surface area (TPSA) is 40.5 Å². The maximum absolute atomic E-state index is 10.5. The molecule has 3 aliphatic carbocycles. The molecular weight excluding hydrogens is 320 g/mol. The normalized spacial score (nSPS) is 38.3. The molecule has 0 aromatic heterocycles. The van der Waals surface area contributed by atoms with Crippen molar-refractivity contribution >= 4 is 0 Å². The number of aromatic hydroxyl groups is 1. The summed E-state index contributed by atoms with van der Waals surface area (Å²) in [6.07, 6.45) is 5.18. The maximum Gasteiger partial charge on any atom is 0.115 e. The smallest absolute Gasteiger partial charge is 0.115 e. The molecule has 3 unspecified atom stereocenters. The summed E-state index contributed by atoms with van der Waals surface area (Å²) in [5.41, 5.74) is 4.47. The van der Waals surface area contributed by atoms with Crippen molar-refractivity contribution in [2.45, 2.75) is 57.0 Å². The van der Waals surface area contributed by atoms with Crippen LogP contribution in [-0.4, -0.2) is 16.3 Å². The van der Waals surface area contributed by atoms with Gasteiger partial charge in [0.15, 0.2) is 0 Å². The Labute approximate surface area is 155 Å². The predicted molar refractivity (Wildman–Crippen MR) is 103 cm³/mol. The Bertz CT molecular complexity index is 814. The van der Waals surface area contributed by atoms with E-state index in [1.54, 1.807) is 0 Å². The van der Waals surface area contributed by atoms with Crippen LogP contribution in [0.3, 0.4) is 0 Å². The summed E-state index contributed by atoms with van der Waals surface area (Å²) in [7, 11) is 0. The lowest BCUT2D eigenvalue weighted by atomic mass is 9.52. The number of hydrogen-bond acceptors (Lipinski definition) is 2. The Balaban J connectivity index is 1.64. The predicted octanol–water partition coefficient (Wildman–Crippen LogP) is 5.00. The van der Waals surface area contributed by atoms with Crippen molar-refractivity contribution in [3.8, 4) is 5.75 Å². The largest absolute Gasteiger partial charge is 0.508 e. The first kappa shape index (κ1) is 16.4. The van der Waals surface area contributed by atoms with E-state index in [0.29, 0.717) is 29.4 Å². The van der Waals surface area contributed by atoms with E-state index < -0.39 is 0 Å². The number of phenols is 1. The van der Waals surface area contributed by atoms with Crippen molar-refractivity contribution < 1.29 is 10.2 Å². The molecule has 2 nitrogen and oxygen atoms in total. The van der Waals surface area contributed by atoms with Gasteiger partial charge in [-0.2, -0.15) is 0 Å². The van der Waals surface area contributed by atoms with Crippen LogP contribution in [-0.2, 0) is 6.42 Å². The van der Waals surface area contributed by atoms with Gasteiger partial charge in [-0.15, -0.1) is 0 Å². The van der Waals surface area contributed by atoms with Gasteiger partial charge in [-0.25, -0.2) is 0 Å². The lowest BCUT2D eigenvalue weighted by Gasteiger charge is -2.52. The average Bonchev–Trinajstić information content (AvgIpc) is 2.95. The molecule has 6 atom stereocenters. The lowest BCUT2D eigenvalue weighted by molar-refractivity contribution is 0.0468. The highest BCUT2D eigenvalue weighted by Gasteiger charge is 2.55. The maximum atomic E-state index is 10.5. The summed E-state index contributed by atoms with van der Waals surface area (Å²) >= 11 is 0. The molecule has 0 aliphatic heterocycles. The second-order valence-electron chi connectivity index (χ2n) is 9.18. The summed E-state index contributed by atoms with van der Waals surface area (Å²) in [6.45, 7) is 2.42. The Morgan fingerprint density at radius 3 is 2.65 bits per heavy atom. The molecule has 3 aliphatic rings. The molecule has 0 radical (unpaired) electrons. The Morgan fingerprint density at radius 1 is 1.04 bits per heavy atom. The zero-order valence-electron chi connectivity index (χ0n) is 15.4. The molecule has 0 saturated heterocycles. The molecule has 2 N–H and O–H groups in total. The highest BCUT2D eigenvalue weighted by molar-refractivity contribution is 5.43. The number of benzene rings is 2. The molecular formula is C24H28O2. The van der Waals surface area contributed by atoms with Crippen molar-refractivity contribution in [2.24, 2.45) is 17.3 Å². The molecule has 0 spiro atoms. The van der Waals surface area contributed by atoms with Gasteiger partial charge in [-0.3, -0.25) is 0 Å². The fourth-order valence-electron chi connectivity index (χ4n) is 6.69. The number of rotatable bonds is 1. The Morgan fingerprint density at radius 2 is 1.85 bits per heavy atom. The zero-order chi connectivity index (χ0) is 17.9. The molecule has 5 rings (SSSR count). The van der Waals surface area contributed by atoms with Crippen LogP contribution in [0.25, 0.3) is 0 Å². The number of fused-ring (bicyclic) bond motifs is 5. The lowest BCUT2D eigenvalue weighted by Crippen LogP contribution is -2.43. The van der Waals surface area contributed by atoms with Crippen molar-refractivity contribution in [1.82, 2.24) is 0 Å². The van der Waals surface area contributed by atoms with Gasteiger partial charge in [-0.05, 0) is 90.0 Å². The van der Waals surface area contributed by atoms with E-state index in [1.165, 1.54) is 29.5 Å². The van der Waals surface area contributed by atoms with Gasteiger partial charge in [0, 0.05) is 0 Å². The molecule has 2 fully saturated rings. The number of aliphatic hydroxyl groups excluding tert-OH is 1. The van der Waals surface area contributed by atoms with Crippen molar-refractivity contribution in [3.05, 3.63) is 65.2 Å². The van der Waals surface area contributed by atoms with E-state index in [1.807, 2.05) is 12.1 Å². The second kappa shape index (κ2) is 5.85.